The Hall–Kier alpha value is -6.71. The molecule has 0 N–H and O–H groups in total. The van der Waals surface area contributed by atoms with Crippen LogP contribution in [0.4, 0.5) is 0 Å². The summed E-state index contributed by atoms with van der Waals surface area (Å²) in [5, 5.41) is 2.52. The molecular weight excluding hydrogens is 667 g/mol. The number of imidazole rings is 1. The third kappa shape index (κ3) is 5.00. The van der Waals surface area contributed by atoms with E-state index in [1.807, 2.05) is 0 Å². The number of benzene rings is 7. The first-order valence-electron chi connectivity index (χ1n) is 19.3. The van der Waals surface area contributed by atoms with Gasteiger partial charge in [-0.1, -0.05) is 153 Å². The summed E-state index contributed by atoms with van der Waals surface area (Å²) in [5.74, 6) is 1.34. The second-order valence-electron chi connectivity index (χ2n) is 14.9. The lowest BCUT2D eigenvalue weighted by atomic mass is 9.62. The third-order valence-electron chi connectivity index (χ3n) is 11.4. The highest BCUT2D eigenvalue weighted by Crippen LogP contribution is 2.55. The van der Waals surface area contributed by atoms with E-state index in [2.05, 4.69) is 218 Å². The SMILES string of the molecule is C/C=C(\C=C/C(C)C)C1(c2ccccc2)c2ccccc2-n2c3ccccc3c3cc(-c4ccc(-c5nc6ccccc6n5-c5ccccc5)cc4)cc1c32. The van der Waals surface area contributed by atoms with Crippen LogP contribution in [0, 0.1) is 5.92 Å². The Kier molecular flexibility index (Phi) is 7.78. The molecule has 9 aromatic rings. The third-order valence-corrected chi connectivity index (χ3v) is 11.4. The Balaban J connectivity index is 1.25. The van der Waals surface area contributed by atoms with Gasteiger partial charge in [-0.3, -0.25) is 4.57 Å². The molecule has 2 aromatic heterocycles. The van der Waals surface area contributed by atoms with Crippen LogP contribution in [-0.4, -0.2) is 14.1 Å². The lowest BCUT2D eigenvalue weighted by Crippen LogP contribution is -2.35. The molecule has 1 atom stereocenters. The van der Waals surface area contributed by atoms with E-state index >= 15 is 0 Å². The van der Waals surface area contributed by atoms with Crippen molar-refractivity contribution in [2.75, 3.05) is 0 Å². The van der Waals surface area contributed by atoms with Crippen LogP contribution >= 0.6 is 0 Å². The number of nitrogens with zero attached hydrogens (tertiary/aromatic N) is 3. The molecule has 0 fully saturated rings. The molecule has 0 saturated heterocycles. The quantitative estimate of drug-likeness (QED) is 0.151. The van der Waals surface area contributed by atoms with Gasteiger partial charge in [0.2, 0.25) is 0 Å². The Morgan fingerprint density at radius 2 is 1.24 bits per heavy atom. The fourth-order valence-electron chi connectivity index (χ4n) is 9.01. The predicted octanol–water partition coefficient (Wildman–Crippen LogP) is 13.3. The maximum Gasteiger partial charge on any atom is 0.145 e. The summed E-state index contributed by atoms with van der Waals surface area (Å²) in [6.45, 7) is 6.70. The molecule has 0 amide bonds. The minimum absolute atomic E-state index is 0.410. The van der Waals surface area contributed by atoms with Crippen molar-refractivity contribution in [3.63, 3.8) is 0 Å². The Morgan fingerprint density at radius 1 is 0.582 bits per heavy atom. The van der Waals surface area contributed by atoms with Crippen LogP contribution in [0.3, 0.4) is 0 Å². The highest BCUT2D eigenvalue weighted by Gasteiger charge is 2.46. The molecule has 264 valence electrons. The van der Waals surface area contributed by atoms with Gasteiger partial charge in [0.15, 0.2) is 0 Å². The molecule has 10 rings (SSSR count). The summed E-state index contributed by atoms with van der Waals surface area (Å²) < 4.78 is 4.78. The molecule has 1 unspecified atom stereocenters. The van der Waals surface area contributed by atoms with Gasteiger partial charge in [-0.05, 0) is 94.8 Å². The Bertz CT molecular complexity index is 2940. The first-order valence-corrected chi connectivity index (χ1v) is 19.3. The van der Waals surface area contributed by atoms with Crippen molar-refractivity contribution in [1.29, 1.82) is 0 Å². The van der Waals surface area contributed by atoms with E-state index in [4.69, 9.17) is 4.98 Å². The number of para-hydroxylation sites is 5. The lowest BCUT2D eigenvalue weighted by molar-refractivity contribution is 0.721. The van der Waals surface area contributed by atoms with Crippen molar-refractivity contribution >= 4 is 32.8 Å². The molecule has 0 aliphatic carbocycles. The number of hydrogen-bond acceptors (Lipinski definition) is 1. The Morgan fingerprint density at radius 3 is 2.00 bits per heavy atom. The summed E-state index contributed by atoms with van der Waals surface area (Å²) in [4.78, 5) is 5.15. The van der Waals surface area contributed by atoms with E-state index < -0.39 is 5.41 Å². The van der Waals surface area contributed by atoms with Crippen LogP contribution in [0.15, 0.2) is 194 Å². The highest BCUT2D eigenvalue weighted by molar-refractivity contribution is 6.13. The normalized spacial score (nSPS) is 15.5. The molecule has 0 bridgehead atoms. The van der Waals surface area contributed by atoms with Crippen LogP contribution in [-0.2, 0) is 5.41 Å². The van der Waals surface area contributed by atoms with E-state index in [0.717, 1.165) is 28.1 Å². The van der Waals surface area contributed by atoms with Crippen LogP contribution < -0.4 is 0 Å². The van der Waals surface area contributed by atoms with Crippen molar-refractivity contribution in [3.05, 3.63) is 210 Å². The van der Waals surface area contributed by atoms with Gasteiger partial charge in [0.1, 0.15) is 5.82 Å². The summed E-state index contributed by atoms with van der Waals surface area (Å²) >= 11 is 0. The Labute approximate surface area is 322 Å². The molecule has 1 aliphatic rings. The fraction of sp³-hybridized carbons (Fsp3) is 0.0962. The molecule has 0 saturated carbocycles. The number of fused-ring (bicyclic) bond motifs is 6. The summed E-state index contributed by atoms with van der Waals surface area (Å²) in [5.41, 5.74) is 14.9. The molecule has 0 spiro atoms. The fourth-order valence-corrected chi connectivity index (χ4v) is 9.01. The molecule has 0 radical (unpaired) electrons. The number of allylic oxidation sites excluding steroid dienone is 4. The maximum absolute atomic E-state index is 5.15. The van der Waals surface area contributed by atoms with Gasteiger partial charge < -0.3 is 4.57 Å². The number of hydrogen-bond donors (Lipinski definition) is 0. The van der Waals surface area contributed by atoms with Crippen LogP contribution in [0.2, 0.25) is 0 Å². The van der Waals surface area contributed by atoms with Crippen molar-refractivity contribution < 1.29 is 0 Å². The molecule has 1 aliphatic heterocycles. The highest BCUT2D eigenvalue weighted by atomic mass is 15.1. The lowest BCUT2D eigenvalue weighted by Gasteiger charge is -2.42. The predicted molar refractivity (Wildman–Crippen MR) is 230 cm³/mol. The zero-order valence-electron chi connectivity index (χ0n) is 31.3. The van der Waals surface area contributed by atoms with Gasteiger partial charge in [0, 0.05) is 22.0 Å². The largest absolute Gasteiger partial charge is 0.309 e. The summed E-state index contributed by atoms with van der Waals surface area (Å²) in [6, 6.07) is 61.9. The summed E-state index contributed by atoms with van der Waals surface area (Å²) in [7, 11) is 0. The molecule has 7 aromatic carbocycles. The van der Waals surface area contributed by atoms with E-state index in [0.29, 0.717) is 5.92 Å². The molecule has 55 heavy (non-hydrogen) atoms. The van der Waals surface area contributed by atoms with Gasteiger partial charge in [-0.2, -0.15) is 0 Å². The van der Waals surface area contributed by atoms with Crippen molar-refractivity contribution in [1.82, 2.24) is 14.1 Å². The van der Waals surface area contributed by atoms with E-state index in [1.165, 1.54) is 60.9 Å². The van der Waals surface area contributed by atoms with Gasteiger partial charge in [0.25, 0.3) is 0 Å². The zero-order valence-corrected chi connectivity index (χ0v) is 31.3. The van der Waals surface area contributed by atoms with Crippen LogP contribution in [0.25, 0.3) is 66.7 Å². The van der Waals surface area contributed by atoms with Crippen molar-refractivity contribution in [2.45, 2.75) is 26.2 Å². The van der Waals surface area contributed by atoms with Gasteiger partial charge >= 0.3 is 0 Å². The van der Waals surface area contributed by atoms with Crippen LogP contribution in [0.5, 0.6) is 0 Å². The second-order valence-corrected chi connectivity index (χ2v) is 14.9. The average molecular weight is 708 g/mol. The van der Waals surface area contributed by atoms with Gasteiger partial charge in [-0.25, -0.2) is 4.98 Å². The minimum Gasteiger partial charge on any atom is -0.309 e. The van der Waals surface area contributed by atoms with Crippen LogP contribution in [0.1, 0.15) is 37.5 Å². The second kappa shape index (κ2) is 13.0. The molecule has 3 nitrogen and oxygen atoms in total. The summed E-state index contributed by atoms with van der Waals surface area (Å²) in [6.07, 6.45) is 7.04. The minimum atomic E-state index is -0.558. The molecular formula is C52H41N3. The van der Waals surface area contributed by atoms with E-state index in [9.17, 15) is 0 Å². The first-order chi connectivity index (χ1) is 27.1. The zero-order chi connectivity index (χ0) is 37.1. The standard InChI is InChI=1S/C52H41N3/c1-4-39(32-27-35(2)3)52(40-17-7-5-8-18-40)44-22-12-15-25-48(44)55-47-24-14-11-21-42(47)43-33-38(34-45(52)50(43)55)36-28-30-37(31-29-36)51-53-46-23-13-16-26-49(46)54(51)41-19-9-6-10-20-41/h4-35H,1-3H3/b32-27-,39-4+. The van der Waals surface area contributed by atoms with E-state index in [-0.39, 0.29) is 0 Å². The van der Waals surface area contributed by atoms with Crippen molar-refractivity contribution in [2.24, 2.45) is 5.92 Å². The van der Waals surface area contributed by atoms with Gasteiger partial charge in [-0.15, -0.1) is 0 Å². The average Bonchev–Trinajstić information content (AvgIpc) is 3.79. The number of rotatable bonds is 7. The molecule has 3 heterocycles. The van der Waals surface area contributed by atoms with Gasteiger partial charge in [0.05, 0.1) is 33.2 Å². The number of aromatic nitrogens is 3. The first kappa shape index (κ1) is 32.9. The topological polar surface area (TPSA) is 22.8 Å². The van der Waals surface area contributed by atoms with Crippen molar-refractivity contribution in [3.8, 4) is 33.9 Å². The smallest absolute Gasteiger partial charge is 0.145 e. The monoisotopic (exact) mass is 707 g/mol. The van der Waals surface area contributed by atoms with E-state index in [1.54, 1.807) is 0 Å². The molecule has 3 heteroatoms. The maximum atomic E-state index is 5.15.